The van der Waals surface area contributed by atoms with Gasteiger partial charge in [0.15, 0.2) is 0 Å². The van der Waals surface area contributed by atoms with Crippen LogP contribution in [0, 0.1) is 40.4 Å². The lowest BCUT2D eigenvalue weighted by Gasteiger charge is -2.69. The second-order valence-electron chi connectivity index (χ2n) is 14.4. The molecule has 0 N–H and O–H groups in total. The maximum Gasteiger partial charge on any atom is 0.338 e. The Hall–Kier alpha value is -2.24. The Labute approximate surface area is 266 Å². The normalized spacial score (nSPS) is 45.7. The average Bonchev–Trinajstić information content (AvgIpc) is 3.46. The molecule has 1 saturated heterocycles. The van der Waals surface area contributed by atoms with Gasteiger partial charge in [-0.1, -0.05) is 6.92 Å². The van der Waals surface area contributed by atoms with Gasteiger partial charge < -0.3 is 33.2 Å². The van der Waals surface area contributed by atoms with Crippen molar-refractivity contribution in [2.45, 2.75) is 75.6 Å². The minimum absolute atomic E-state index is 0.0203. The highest BCUT2D eigenvalue weighted by molar-refractivity contribution is 5.89. The number of hydrogen-bond acceptors (Lipinski definition) is 10. The minimum Gasteiger partial charge on any atom is -0.497 e. The van der Waals surface area contributed by atoms with E-state index in [2.05, 4.69) is 11.8 Å². The van der Waals surface area contributed by atoms with Crippen molar-refractivity contribution in [2.75, 3.05) is 55.2 Å². The van der Waals surface area contributed by atoms with Crippen molar-refractivity contribution in [3.8, 4) is 5.75 Å². The van der Waals surface area contributed by atoms with Crippen LogP contribution < -0.4 is 4.74 Å². The van der Waals surface area contributed by atoms with E-state index in [9.17, 15) is 9.59 Å². The first-order valence-electron chi connectivity index (χ1n) is 16.6. The van der Waals surface area contributed by atoms with E-state index in [0.717, 1.165) is 32.4 Å². The maximum atomic E-state index is 13.8. The number of carbonyl (C=O) groups excluding carboxylic acids is 2. The van der Waals surface area contributed by atoms with Crippen molar-refractivity contribution in [1.82, 2.24) is 4.90 Å². The highest BCUT2D eigenvalue weighted by atomic mass is 16.6. The summed E-state index contributed by atoms with van der Waals surface area (Å²) in [7, 11) is 8.77. The van der Waals surface area contributed by atoms with E-state index in [1.54, 1.807) is 45.6 Å². The number of fused-ring (bicyclic) bond motifs is 2. The van der Waals surface area contributed by atoms with Crippen LogP contribution in [0.4, 0.5) is 0 Å². The molecular formula is C35H49NO9. The van der Waals surface area contributed by atoms with Gasteiger partial charge in [-0.3, -0.25) is 9.69 Å². The zero-order chi connectivity index (χ0) is 31.9. The summed E-state index contributed by atoms with van der Waals surface area (Å²) in [6.07, 6.45) is 2.27. The molecule has 248 valence electrons. The Morgan fingerprint density at radius 1 is 0.978 bits per heavy atom. The van der Waals surface area contributed by atoms with Crippen LogP contribution in [-0.2, 0) is 33.2 Å². The smallest absolute Gasteiger partial charge is 0.338 e. The number of methoxy groups -OCH3 is 5. The van der Waals surface area contributed by atoms with E-state index in [0.29, 0.717) is 24.3 Å². The van der Waals surface area contributed by atoms with Gasteiger partial charge in [-0.05, 0) is 56.0 Å². The Morgan fingerprint density at radius 3 is 2.33 bits per heavy atom. The summed E-state index contributed by atoms with van der Waals surface area (Å²) < 4.78 is 44.1. The molecule has 1 aromatic carbocycles. The van der Waals surface area contributed by atoms with Crippen LogP contribution in [0.3, 0.4) is 0 Å². The van der Waals surface area contributed by atoms with Gasteiger partial charge in [-0.2, -0.15) is 0 Å². The molecule has 7 rings (SSSR count). The third-order valence-corrected chi connectivity index (χ3v) is 13.2. The summed E-state index contributed by atoms with van der Waals surface area (Å²) in [5.74, 6) is -0.299. The lowest BCUT2D eigenvalue weighted by Crippen LogP contribution is -2.77. The summed E-state index contributed by atoms with van der Waals surface area (Å²) in [5, 5.41) is 0. The molecule has 7 bridgehead atoms. The fraction of sp³-hybridized carbons (Fsp3) is 0.771. The molecular weight excluding hydrogens is 578 g/mol. The summed E-state index contributed by atoms with van der Waals surface area (Å²) in [6.45, 7) is 6.11. The van der Waals surface area contributed by atoms with Gasteiger partial charge in [-0.15, -0.1) is 0 Å². The summed E-state index contributed by atoms with van der Waals surface area (Å²) in [4.78, 5) is 29.7. The molecule has 1 heterocycles. The number of benzene rings is 1. The highest BCUT2D eigenvalue weighted by Gasteiger charge is 2.88. The van der Waals surface area contributed by atoms with Gasteiger partial charge in [-0.25, -0.2) is 4.79 Å². The molecule has 10 heteroatoms. The number of hydrogen-bond donors (Lipinski definition) is 0. The average molecular weight is 628 g/mol. The number of carbonyl (C=O) groups is 2. The number of rotatable bonds is 10. The largest absolute Gasteiger partial charge is 0.497 e. The standard InChI is InChI=1S/C35H49NO9/c1-8-36-17-33(18-39-3)14-13-25(42-6)35-23-15-22-24(41-5)16-34(45-19(2)37,27(31(35)36)29(43-7)30(33)35)26(23)28(22)44-32(38)20-9-11-21(40-4)12-10-20/h9-12,22-31H,8,13-18H2,1-7H3/t22-,23+,24?,25?,26+,27?,28?,29?,30+,31?,33+,34-,35?/m1/s1. The van der Waals surface area contributed by atoms with Crippen molar-refractivity contribution in [3.63, 3.8) is 0 Å². The fourth-order valence-electron chi connectivity index (χ4n) is 12.4. The molecule has 0 amide bonds. The lowest BCUT2D eigenvalue weighted by molar-refractivity contribution is -0.280. The summed E-state index contributed by atoms with van der Waals surface area (Å²) >= 11 is 0. The second-order valence-corrected chi connectivity index (χ2v) is 14.4. The van der Waals surface area contributed by atoms with E-state index in [1.807, 2.05) is 14.2 Å². The second kappa shape index (κ2) is 11.2. The van der Waals surface area contributed by atoms with Gasteiger partial charge in [0.25, 0.3) is 0 Å². The molecule has 5 saturated carbocycles. The fourth-order valence-corrected chi connectivity index (χ4v) is 12.4. The third-order valence-electron chi connectivity index (χ3n) is 13.2. The number of ether oxygens (including phenoxy) is 7. The molecule has 0 aromatic heterocycles. The van der Waals surface area contributed by atoms with Crippen LogP contribution in [0.25, 0.3) is 0 Å². The number of nitrogens with zero attached hydrogens (tertiary/aromatic N) is 1. The number of piperidine rings is 1. The van der Waals surface area contributed by atoms with Crippen molar-refractivity contribution in [2.24, 2.45) is 40.4 Å². The van der Waals surface area contributed by atoms with E-state index >= 15 is 0 Å². The van der Waals surface area contributed by atoms with Crippen molar-refractivity contribution < 1.29 is 42.7 Å². The van der Waals surface area contributed by atoms with Gasteiger partial charge in [0, 0.05) is 88.9 Å². The predicted molar refractivity (Wildman–Crippen MR) is 163 cm³/mol. The molecule has 1 aliphatic heterocycles. The monoisotopic (exact) mass is 627 g/mol. The molecule has 6 fully saturated rings. The van der Waals surface area contributed by atoms with E-state index in [1.165, 1.54) is 6.92 Å². The zero-order valence-corrected chi connectivity index (χ0v) is 27.7. The van der Waals surface area contributed by atoms with Crippen molar-refractivity contribution in [3.05, 3.63) is 29.8 Å². The van der Waals surface area contributed by atoms with Gasteiger partial charge in [0.2, 0.25) is 0 Å². The molecule has 45 heavy (non-hydrogen) atoms. The Morgan fingerprint density at radius 2 is 1.73 bits per heavy atom. The number of likely N-dealkylation sites (tertiary alicyclic amines) is 1. The lowest BCUT2D eigenvalue weighted by atomic mass is 9.43. The molecule has 5 aliphatic carbocycles. The van der Waals surface area contributed by atoms with Crippen molar-refractivity contribution >= 4 is 11.9 Å². The van der Waals surface area contributed by atoms with Crippen LogP contribution in [0.5, 0.6) is 5.75 Å². The first-order valence-corrected chi connectivity index (χ1v) is 16.6. The van der Waals surface area contributed by atoms with Gasteiger partial charge in [0.1, 0.15) is 17.5 Å². The molecule has 10 nitrogen and oxygen atoms in total. The quantitative estimate of drug-likeness (QED) is 0.358. The molecule has 0 radical (unpaired) electrons. The molecule has 6 aliphatic rings. The summed E-state index contributed by atoms with van der Waals surface area (Å²) in [6, 6.07) is 7.07. The van der Waals surface area contributed by atoms with E-state index < -0.39 is 17.7 Å². The van der Waals surface area contributed by atoms with Crippen LogP contribution in [-0.4, -0.2) is 108 Å². The summed E-state index contributed by atoms with van der Waals surface area (Å²) in [5.41, 5.74) is -0.937. The van der Waals surface area contributed by atoms with E-state index in [-0.39, 0.29) is 70.7 Å². The highest BCUT2D eigenvalue weighted by Crippen LogP contribution is 2.80. The van der Waals surface area contributed by atoms with Crippen LogP contribution in [0.15, 0.2) is 24.3 Å². The van der Waals surface area contributed by atoms with Gasteiger partial charge >= 0.3 is 11.9 Å². The number of esters is 2. The molecule has 13 atom stereocenters. The topological polar surface area (TPSA) is 102 Å². The van der Waals surface area contributed by atoms with Crippen LogP contribution in [0.1, 0.15) is 49.9 Å². The Bertz CT molecular complexity index is 1310. The van der Waals surface area contributed by atoms with Gasteiger partial charge in [0.05, 0.1) is 37.6 Å². The van der Waals surface area contributed by atoms with E-state index in [4.69, 9.17) is 33.2 Å². The third kappa shape index (κ3) is 3.98. The first-order chi connectivity index (χ1) is 21.7. The first kappa shape index (κ1) is 31.4. The molecule has 7 unspecified atom stereocenters. The van der Waals surface area contributed by atoms with Crippen LogP contribution in [0.2, 0.25) is 0 Å². The molecule has 1 spiro atoms. The van der Waals surface area contributed by atoms with Crippen molar-refractivity contribution in [1.29, 1.82) is 0 Å². The molecule has 1 aromatic rings. The zero-order valence-electron chi connectivity index (χ0n) is 27.7. The minimum atomic E-state index is -0.947. The maximum absolute atomic E-state index is 13.8. The predicted octanol–water partition coefficient (Wildman–Crippen LogP) is 3.60. The van der Waals surface area contributed by atoms with Crippen LogP contribution >= 0.6 is 0 Å². The Balaban J connectivity index is 1.43. The SMILES string of the molecule is CCN1C[C@]2(COC)CCC(OC)C34C1C(C(OC)[C@H]32)[C@@]1(OC(C)=O)CC(OC)[C@H]2C[C@H]4[C@H]1C2OC(=O)c1ccc(OC)cc1. The Kier molecular flexibility index (Phi) is 7.80.